The number of fused-ring (bicyclic) bond motifs is 1. The summed E-state index contributed by atoms with van der Waals surface area (Å²) in [4.78, 5) is 4.64. The number of hydrogen-bond donors (Lipinski definition) is 2. The molecule has 0 saturated carbocycles. The fraction of sp³-hybridized carbons (Fsp3) is 1.00. The van der Waals surface area contributed by atoms with E-state index >= 15 is 0 Å². The zero-order valence-corrected chi connectivity index (χ0v) is 11.4. The van der Waals surface area contributed by atoms with Crippen LogP contribution in [0.5, 0.6) is 0 Å². The summed E-state index contributed by atoms with van der Waals surface area (Å²) >= 11 is 0. The molecule has 0 amide bonds. The van der Waals surface area contributed by atoms with Crippen molar-refractivity contribution in [3.8, 4) is 0 Å². The Balaban J connectivity index is 1.78. The van der Waals surface area contributed by atoms with E-state index in [2.05, 4.69) is 10.2 Å². The van der Waals surface area contributed by atoms with Gasteiger partial charge in [0.25, 0.3) is 0 Å². The summed E-state index contributed by atoms with van der Waals surface area (Å²) in [7, 11) is 4.01. The summed E-state index contributed by atoms with van der Waals surface area (Å²) < 4.78 is 0. The molecule has 2 aliphatic rings. The third-order valence-corrected chi connectivity index (χ3v) is 4.01. The molecule has 3 unspecified atom stereocenters. The van der Waals surface area contributed by atoms with Gasteiger partial charge in [-0.3, -0.25) is 4.90 Å². The minimum atomic E-state index is -0.629. The van der Waals surface area contributed by atoms with E-state index in [1.165, 1.54) is 32.4 Å². The molecule has 2 aliphatic heterocycles. The number of hydrogen-bond acceptors (Lipinski definition) is 4. The topological polar surface area (TPSA) is 38.7 Å². The molecular weight excluding hydrogens is 214 g/mol. The second-order valence-electron chi connectivity index (χ2n) is 6.26. The lowest BCUT2D eigenvalue weighted by molar-refractivity contribution is 0.0305. The van der Waals surface area contributed by atoms with Crippen LogP contribution in [0.15, 0.2) is 0 Å². The zero-order valence-electron chi connectivity index (χ0n) is 11.4. The molecule has 17 heavy (non-hydrogen) atoms. The minimum Gasteiger partial charge on any atom is -0.388 e. The largest absolute Gasteiger partial charge is 0.388 e. The average Bonchev–Trinajstić information content (AvgIpc) is 2.73. The van der Waals surface area contributed by atoms with Gasteiger partial charge in [0, 0.05) is 31.7 Å². The van der Waals surface area contributed by atoms with Gasteiger partial charge < -0.3 is 15.3 Å². The number of nitrogens with one attached hydrogen (secondary N) is 1. The molecule has 2 fully saturated rings. The van der Waals surface area contributed by atoms with E-state index in [4.69, 9.17) is 0 Å². The van der Waals surface area contributed by atoms with Gasteiger partial charge in [0.15, 0.2) is 0 Å². The number of nitrogens with zero attached hydrogens (tertiary/aromatic N) is 2. The van der Waals surface area contributed by atoms with E-state index in [9.17, 15) is 5.11 Å². The first-order valence-electron chi connectivity index (χ1n) is 6.82. The quantitative estimate of drug-likeness (QED) is 0.717. The van der Waals surface area contributed by atoms with Crippen molar-refractivity contribution in [3.63, 3.8) is 0 Å². The van der Waals surface area contributed by atoms with Crippen molar-refractivity contribution in [1.82, 2.24) is 15.1 Å². The molecule has 0 bridgehead atoms. The standard InChI is InChI=1S/C13H27N3O/c1-13(17,10-15(2)3)9-14-11-6-8-16-7-4-5-12(11)16/h11-12,14,17H,4-10H2,1-3H3. The Morgan fingerprint density at radius 3 is 2.82 bits per heavy atom. The molecule has 4 heteroatoms. The van der Waals surface area contributed by atoms with Crippen LogP contribution in [-0.4, -0.2) is 72.9 Å². The molecule has 2 heterocycles. The molecule has 0 radical (unpaired) electrons. The highest BCUT2D eigenvalue weighted by Gasteiger charge is 2.37. The Hall–Kier alpha value is -0.160. The summed E-state index contributed by atoms with van der Waals surface area (Å²) in [5, 5.41) is 13.8. The van der Waals surface area contributed by atoms with E-state index in [1.807, 2.05) is 25.9 Å². The summed E-state index contributed by atoms with van der Waals surface area (Å²) in [6.07, 6.45) is 3.91. The monoisotopic (exact) mass is 241 g/mol. The van der Waals surface area contributed by atoms with E-state index < -0.39 is 5.60 Å². The molecule has 0 spiro atoms. The lowest BCUT2D eigenvalue weighted by Crippen LogP contribution is -2.50. The van der Waals surface area contributed by atoms with Crippen molar-refractivity contribution in [3.05, 3.63) is 0 Å². The highest BCUT2D eigenvalue weighted by molar-refractivity contribution is 4.96. The Morgan fingerprint density at radius 2 is 2.12 bits per heavy atom. The second-order valence-corrected chi connectivity index (χ2v) is 6.26. The molecule has 2 N–H and O–H groups in total. The summed E-state index contributed by atoms with van der Waals surface area (Å²) in [6, 6.07) is 1.32. The van der Waals surface area contributed by atoms with Gasteiger partial charge in [-0.2, -0.15) is 0 Å². The third-order valence-electron chi connectivity index (χ3n) is 4.01. The lowest BCUT2D eigenvalue weighted by Gasteiger charge is -2.30. The normalized spacial score (nSPS) is 33.0. The van der Waals surface area contributed by atoms with E-state index in [0.717, 1.165) is 6.04 Å². The minimum absolute atomic E-state index is 0.589. The van der Waals surface area contributed by atoms with Gasteiger partial charge in [0.1, 0.15) is 0 Å². The van der Waals surface area contributed by atoms with E-state index in [-0.39, 0.29) is 0 Å². The van der Waals surface area contributed by atoms with Crippen molar-refractivity contribution in [1.29, 1.82) is 0 Å². The molecule has 100 valence electrons. The van der Waals surface area contributed by atoms with Gasteiger partial charge in [-0.05, 0) is 46.8 Å². The van der Waals surface area contributed by atoms with Gasteiger partial charge in [-0.15, -0.1) is 0 Å². The maximum Gasteiger partial charge on any atom is 0.0869 e. The first-order chi connectivity index (χ1) is 7.98. The zero-order chi connectivity index (χ0) is 12.5. The number of rotatable bonds is 5. The highest BCUT2D eigenvalue weighted by atomic mass is 16.3. The second kappa shape index (κ2) is 5.22. The number of aliphatic hydroxyl groups is 1. The summed E-state index contributed by atoms with van der Waals surface area (Å²) in [5.41, 5.74) is -0.629. The Bertz CT molecular complexity index is 255. The van der Waals surface area contributed by atoms with Gasteiger partial charge in [-0.25, -0.2) is 0 Å². The SMILES string of the molecule is CN(C)CC(C)(O)CNC1CCN2CCCC12. The predicted molar refractivity (Wildman–Crippen MR) is 70.2 cm³/mol. The fourth-order valence-electron chi connectivity index (χ4n) is 3.41. The average molecular weight is 241 g/mol. The van der Waals surface area contributed by atoms with Crippen LogP contribution in [0, 0.1) is 0 Å². The molecule has 2 rings (SSSR count). The van der Waals surface area contributed by atoms with Crippen LogP contribution in [0.2, 0.25) is 0 Å². The van der Waals surface area contributed by atoms with Crippen molar-refractivity contribution in [2.45, 2.75) is 43.9 Å². The van der Waals surface area contributed by atoms with Crippen LogP contribution < -0.4 is 5.32 Å². The maximum absolute atomic E-state index is 10.3. The lowest BCUT2D eigenvalue weighted by atomic mass is 10.0. The molecule has 3 atom stereocenters. The molecule has 2 saturated heterocycles. The van der Waals surface area contributed by atoms with E-state index in [1.54, 1.807) is 0 Å². The fourth-order valence-corrected chi connectivity index (χ4v) is 3.41. The first kappa shape index (κ1) is 13.3. The first-order valence-corrected chi connectivity index (χ1v) is 6.82. The number of likely N-dealkylation sites (N-methyl/N-ethyl adjacent to an activating group) is 1. The van der Waals surface area contributed by atoms with Crippen LogP contribution in [-0.2, 0) is 0 Å². The molecule has 0 aromatic rings. The van der Waals surface area contributed by atoms with Gasteiger partial charge in [-0.1, -0.05) is 0 Å². The third kappa shape index (κ3) is 3.41. The predicted octanol–water partition coefficient (Wildman–Crippen LogP) is 0.125. The Kier molecular flexibility index (Phi) is 4.08. The summed E-state index contributed by atoms with van der Waals surface area (Å²) in [6.45, 7) is 5.83. The van der Waals surface area contributed by atoms with Gasteiger partial charge in [0.05, 0.1) is 5.60 Å². The molecule has 0 aromatic heterocycles. The highest BCUT2D eigenvalue weighted by Crippen LogP contribution is 2.28. The summed E-state index contributed by atoms with van der Waals surface area (Å²) in [5.74, 6) is 0. The van der Waals surface area contributed by atoms with Crippen molar-refractivity contribution >= 4 is 0 Å². The van der Waals surface area contributed by atoms with Crippen LogP contribution >= 0.6 is 0 Å². The smallest absolute Gasteiger partial charge is 0.0869 e. The van der Waals surface area contributed by atoms with Gasteiger partial charge in [0.2, 0.25) is 0 Å². The van der Waals surface area contributed by atoms with Crippen LogP contribution in [0.3, 0.4) is 0 Å². The molecular formula is C13H27N3O. The maximum atomic E-state index is 10.3. The van der Waals surface area contributed by atoms with E-state index in [0.29, 0.717) is 19.1 Å². The van der Waals surface area contributed by atoms with Crippen molar-refractivity contribution in [2.24, 2.45) is 0 Å². The van der Waals surface area contributed by atoms with Crippen LogP contribution in [0.1, 0.15) is 26.2 Å². The molecule has 0 aliphatic carbocycles. The van der Waals surface area contributed by atoms with Crippen molar-refractivity contribution < 1.29 is 5.11 Å². The van der Waals surface area contributed by atoms with Crippen LogP contribution in [0.4, 0.5) is 0 Å². The Morgan fingerprint density at radius 1 is 1.35 bits per heavy atom. The Labute approximate surface area is 105 Å². The van der Waals surface area contributed by atoms with Crippen molar-refractivity contribution in [2.75, 3.05) is 40.3 Å². The van der Waals surface area contributed by atoms with Crippen LogP contribution in [0.25, 0.3) is 0 Å². The van der Waals surface area contributed by atoms with Gasteiger partial charge >= 0.3 is 0 Å². The molecule has 0 aromatic carbocycles. The molecule has 4 nitrogen and oxygen atoms in total.